The number of allylic oxidation sites excluding steroid dienone is 4. The van der Waals surface area contributed by atoms with Gasteiger partial charge in [-0.25, -0.2) is 0 Å². The Morgan fingerprint density at radius 3 is 2.41 bits per heavy atom. The fourth-order valence-electron chi connectivity index (χ4n) is 6.24. The fourth-order valence-corrected chi connectivity index (χ4v) is 6.24. The summed E-state index contributed by atoms with van der Waals surface area (Å²) in [5.41, 5.74) is 2.17. The second-order valence-electron chi connectivity index (χ2n) is 11.1. The maximum absolute atomic E-state index is 13.3. The maximum Gasteiger partial charge on any atom is 0.186 e. The molecule has 4 rings (SSSR count). The first-order valence-corrected chi connectivity index (χ1v) is 12.4. The van der Waals surface area contributed by atoms with Gasteiger partial charge in [-0.1, -0.05) is 32.4 Å². The number of carbonyl (C=O) groups is 2. The minimum atomic E-state index is -1.48. The number of hydrogen-bond acceptors (Lipinski definition) is 8. The molecule has 3 aliphatic carbocycles. The van der Waals surface area contributed by atoms with Crippen LogP contribution in [0.3, 0.4) is 0 Å². The summed E-state index contributed by atoms with van der Waals surface area (Å²) >= 11 is 0. The molecule has 10 atom stereocenters. The highest BCUT2D eigenvalue weighted by atomic mass is 16.7. The van der Waals surface area contributed by atoms with Crippen LogP contribution in [0.1, 0.15) is 53.4 Å². The third kappa shape index (κ3) is 4.45. The monoisotopic (exact) mass is 478 g/mol. The molecule has 0 unspecified atom stereocenters. The molecule has 4 N–H and O–H groups in total. The van der Waals surface area contributed by atoms with Gasteiger partial charge < -0.3 is 29.9 Å². The molecule has 0 spiro atoms. The normalized spacial score (nSPS) is 46.9. The van der Waals surface area contributed by atoms with Gasteiger partial charge in [0.05, 0.1) is 18.8 Å². The smallest absolute Gasteiger partial charge is 0.186 e. The minimum Gasteiger partial charge on any atom is -0.394 e. The van der Waals surface area contributed by atoms with Gasteiger partial charge in [0.1, 0.15) is 24.4 Å². The van der Waals surface area contributed by atoms with Crippen molar-refractivity contribution in [3.8, 4) is 0 Å². The first kappa shape index (κ1) is 25.7. The van der Waals surface area contributed by atoms with E-state index in [9.17, 15) is 30.0 Å². The maximum atomic E-state index is 13.3. The zero-order chi connectivity index (χ0) is 24.9. The first-order valence-electron chi connectivity index (χ1n) is 12.4. The topological polar surface area (TPSA) is 134 Å². The van der Waals surface area contributed by atoms with Gasteiger partial charge in [-0.15, -0.1) is 0 Å². The Morgan fingerprint density at radius 2 is 1.74 bits per heavy atom. The summed E-state index contributed by atoms with van der Waals surface area (Å²) in [6.07, 6.45) is -1.43. The van der Waals surface area contributed by atoms with E-state index < -0.39 is 37.3 Å². The molecular formula is C26H38O8. The van der Waals surface area contributed by atoms with Gasteiger partial charge in [-0.3, -0.25) is 9.59 Å². The van der Waals surface area contributed by atoms with E-state index in [0.29, 0.717) is 24.3 Å². The van der Waals surface area contributed by atoms with E-state index in [4.69, 9.17) is 9.47 Å². The molecule has 190 valence electrons. The second kappa shape index (κ2) is 9.56. The summed E-state index contributed by atoms with van der Waals surface area (Å²) in [4.78, 5) is 26.1. The fraction of sp³-hybridized carbons (Fsp3) is 0.769. The van der Waals surface area contributed by atoms with Crippen molar-refractivity contribution in [3.05, 3.63) is 22.8 Å². The molecule has 0 aromatic heterocycles. The van der Waals surface area contributed by atoms with Crippen molar-refractivity contribution in [2.24, 2.45) is 29.1 Å². The van der Waals surface area contributed by atoms with Crippen LogP contribution in [0.2, 0.25) is 0 Å². The number of Topliss-reactive ketones (excluding diaryl/α,β-unsaturated/α-hetero) is 2. The Bertz CT molecular complexity index is 891. The Morgan fingerprint density at radius 1 is 1.06 bits per heavy atom. The van der Waals surface area contributed by atoms with Crippen LogP contribution in [0, 0.1) is 29.1 Å². The van der Waals surface area contributed by atoms with E-state index in [2.05, 4.69) is 6.92 Å². The molecule has 2 fully saturated rings. The van der Waals surface area contributed by atoms with Gasteiger partial charge in [0.2, 0.25) is 0 Å². The molecule has 1 aliphatic heterocycles. The highest BCUT2D eigenvalue weighted by Gasteiger charge is 2.61. The van der Waals surface area contributed by atoms with Crippen LogP contribution in [0.15, 0.2) is 22.8 Å². The largest absolute Gasteiger partial charge is 0.394 e. The highest BCUT2D eigenvalue weighted by Crippen LogP contribution is 2.64. The molecule has 4 aliphatic rings. The Hall–Kier alpha value is -1.42. The van der Waals surface area contributed by atoms with Crippen molar-refractivity contribution in [1.29, 1.82) is 0 Å². The van der Waals surface area contributed by atoms with Gasteiger partial charge >= 0.3 is 0 Å². The van der Waals surface area contributed by atoms with E-state index in [1.165, 1.54) is 0 Å². The summed E-state index contributed by atoms with van der Waals surface area (Å²) in [7, 11) is 0. The van der Waals surface area contributed by atoms with Crippen molar-refractivity contribution >= 4 is 11.6 Å². The zero-order valence-corrected chi connectivity index (χ0v) is 20.4. The summed E-state index contributed by atoms with van der Waals surface area (Å²) in [5.74, 6) is -0.0419. The number of hydrogen-bond donors (Lipinski definition) is 4. The third-order valence-electron chi connectivity index (χ3n) is 8.59. The van der Waals surface area contributed by atoms with Crippen LogP contribution < -0.4 is 0 Å². The van der Waals surface area contributed by atoms with Gasteiger partial charge in [0.15, 0.2) is 17.9 Å². The zero-order valence-electron chi connectivity index (χ0n) is 20.4. The number of aliphatic hydroxyl groups excluding tert-OH is 4. The van der Waals surface area contributed by atoms with Crippen LogP contribution in [0.5, 0.6) is 0 Å². The molecule has 34 heavy (non-hydrogen) atoms. The van der Waals surface area contributed by atoms with Crippen molar-refractivity contribution < 1.29 is 39.5 Å². The Balaban J connectivity index is 1.48. The predicted octanol–water partition coefficient (Wildman–Crippen LogP) is 1.30. The number of carbonyl (C=O) groups excluding carboxylic acids is 2. The van der Waals surface area contributed by atoms with Gasteiger partial charge in [0, 0.05) is 11.8 Å². The number of aliphatic hydroxyl groups is 4. The number of ketones is 2. The molecule has 8 nitrogen and oxygen atoms in total. The molecule has 0 bridgehead atoms. The van der Waals surface area contributed by atoms with Crippen molar-refractivity contribution in [2.75, 3.05) is 13.2 Å². The van der Waals surface area contributed by atoms with Crippen LogP contribution in [0.4, 0.5) is 0 Å². The lowest BCUT2D eigenvalue weighted by Gasteiger charge is -2.40. The molecule has 8 heteroatoms. The molecule has 0 amide bonds. The summed E-state index contributed by atoms with van der Waals surface area (Å²) < 4.78 is 11.4. The number of fused-ring (bicyclic) bond motifs is 1. The number of rotatable bonds is 4. The predicted molar refractivity (Wildman–Crippen MR) is 122 cm³/mol. The van der Waals surface area contributed by atoms with Crippen molar-refractivity contribution in [1.82, 2.24) is 0 Å². The van der Waals surface area contributed by atoms with Crippen molar-refractivity contribution in [3.63, 3.8) is 0 Å². The molecule has 1 saturated carbocycles. The van der Waals surface area contributed by atoms with Crippen molar-refractivity contribution in [2.45, 2.75) is 84.1 Å². The van der Waals surface area contributed by atoms with E-state index >= 15 is 0 Å². The lowest BCUT2D eigenvalue weighted by molar-refractivity contribution is -0.304. The van der Waals surface area contributed by atoms with Crippen LogP contribution in [0.25, 0.3) is 0 Å². The minimum absolute atomic E-state index is 0.0452. The quantitative estimate of drug-likeness (QED) is 0.444. The van der Waals surface area contributed by atoms with Gasteiger partial charge in [0.25, 0.3) is 0 Å². The Labute approximate surface area is 200 Å². The molecule has 0 radical (unpaired) electrons. The molecule has 0 aromatic rings. The Kier molecular flexibility index (Phi) is 7.22. The second-order valence-corrected chi connectivity index (χ2v) is 11.1. The third-order valence-corrected chi connectivity index (χ3v) is 8.59. The van der Waals surface area contributed by atoms with Gasteiger partial charge in [-0.2, -0.15) is 0 Å². The summed E-state index contributed by atoms with van der Waals surface area (Å²) in [5, 5.41) is 39.7. The highest BCUT2D eigenvalue weighted by molar-refractivity contribution is 6.23. The molecule has 0 aromatic carbocycles. The molecule has 1 saturated heterocycles. The average Bonchev–Trinajstić information content (AvgIpc) is 3.24. The lowest BCUT2D eigenvalue weighted by Crippen LogP contribution is -2.59. The van der Waals surface area contributed by atoms with Crippen LogP contribution in [-0.4, -0.2) is 75.9 Å². The van der Waals surface area contributed by atoms with E-state index in [1.807, 2.05) is 26.8 Å². The first-order chi connectivity index (χ1) is 16.0. The van der Waals surface area contributed by atoms with Gasteiger partial charge in [-0.05, 0) is 55.4 Å². The summed E-state index contributed by atoms with van der Waals surface area (Å²) in [6.45, 7) is 7.66. The number of ether oxygens (including phenoxy) is 2. The average molecular weight is 479 g/mol. The lowest BCUT2D eigenvalue weighted by atomic mass is 9.89. The standard InChI is InChI=1S/C26H38O8/c1-12-5-6-16-17(9-14(3)21(29)19-15(7-12)8-13(2)20(19)28)26(16,4)11-33-25-24(32)23(31)22(30)18(10-27)34-25/h7,13-14,16-18,22-25,27,30-32H,5-6,8-11H2,1-4H3/b12-7-/t13-,14+,16+,17-,18-,22-,23+,24-,25-,26-/m1/s1. The molecule has 1 heterocycles. The van der Waals surface area contributed by atoms with E-state index in [-0.39, 0.29) is 41.3 Å². The van der Waals surface area contributed by atoms with Crippen LogP contribution in [-0.2, 0) is 19.1 Å². The van der Waals surface area contributed by atoms with E-state index in [0.717, 1.165) is 24.0 Å². The van der Waals surface area contributed by atoms with E-state index in [1.54, 1.807) is 0 Å². The van der Waals surface area contributed by atoms with Crippen LogP contribution >= 0.6 is 0 Å². The SMILES string of the molecule is C/C1=C/C2=C(C(=O)[C@H](C)C2)C(=O)[C@@H](C)C[C@@H]2[C@H](CC1)[C@@]2(C)CO[C@@H]1O[C@H](CO)[C@@H](O)[C@H](O)[C@H]1O. The molecular weight excluding hydrogens is 440 g/mol. The summed E-state index contributed by atoms with van der Waals surface area (Å²) in [6, 6.07) is 0.